The summed E-state index contributed by atoms with van der Waals surface area (Å²) in [5.74, 6) is 0.266. The Hall–Kier alpha value is -3.08. The zero-order valence-corrected chi connectivity index (χ0v) is 22.3. The summed E-state index contributed by atoms with van der Waals surface area (Å²) in [4.78, 5) is 29.0. The Morgan fingerprint density at radius 1 is 1.08 bits per heavy atom. The molecule has 5 rings (SSSR count). The SMILES string of the molecule is CN1CCN(Cc2ccc(N(C(=O)OC(C)(C)C)c3ncc4cnn(C5CCOCC5)c4n3)cc2)CC1. The first-order valence-electron chi connectivity index (χ1n) is 13.1. The molecule has 198 valence electrons. The van der Waals surface area contributed by atoms with Gasteiger partial charge in [-0.25, -0.2) is 19.4 Å². The van der Waals surface area contributed by atoms with Gasteiger partial charge in [0.2, 0.25) is 5.95 Å². The first kappa shape index (κ1) is 25.6. The molecule has 0 bridgehead atoms. The highest BCUT2D eigenvalue weighted by Gasteiger charge is 2.28. The first-order valence-corrected chi connectivity index (χ1v) is 13.1. The van der Waals surface area contributed by atoms with Crippen molar-refractivity contribution in [3.63, 3.8) is 0 Å². The number of carbonyl (C=O) groups excluding carboxylic acids is 1. The number of hydrogen-bond donors (Lipinski definition) is 0. The van der Waals surface area contributed by atoms with Gasteiger partial charge < -0.3 is 14.4 Å². The van der Waals surface area contributed by atoms with Crippen LogP contribution >= 0.6 is 0 Å². The molecule has 0 atom stereocenters. The van der Waals surface area contributed by atoms with E-state index in [0.717, 1.165) is 51.0 Å². The largest absolute Gasteiger partial charge is 0.443 e. The van der Waals surface area contributed by atoms with Crippen LogP contribution in [0.15, 0.2) is 36.7 Å². The number of nitrogens with zero attached hydrogens (tertiary/aromatic N) is 7. The fourth-order valence-corrected chi connectivity index (χ4v) is 4.76. The Kier molecular flexibility index (Phi) is 7.41. The van der Waals surface area contributed by atoms with Crippen LogP contribution in [0.3, 0.4) is 0 Å². The number of benzene rings is 1. The molecule has 1 aromatic carbocycles. The highest BCUT2D eigenvalue weighted by molar-refractivity contribution is 5.95. The number of ether oxygens (including phenoxy) is 2. The van der Waals surface area contributed by atoms with Crippen molar-refractivity contribution in [2.45, 2.75) is 51.8 Å². The van der Waals surface area contributed by atoms with Crippen LogP contribution in [-0.4, -0.2) is 87.7 Å². The minimum atomic E-state index is -0.662. The third kappa shape index (κ3) is 6.08. The topological polar surface area (TPSA) is 88.8 Å². The minimum Gasteiger partial charge on any atom is -0.443 e. The summed E-state index contributed by atoms with van der Waals surface area (Å²) in [5, 5.41) is 5.42. The van der Waals surface area contributed by atoms with Gasteiger partial charge in [-0.1, -0.05) is 12.1 Å². The molecule has 3 aromatic rings. The molecule has 0 unspecified atom stereocenters. The zero-order chi connectivity index (χ0) is 26.0. The average Bonchev–Trinajstić information content (AvgIpc) is 3.29. The van der Waals surface area contributed by atoms with Gasteiger partial charge in [-0.3, -0.25) is 4.90 Å². The molecule has 2 saturated heterocycles. The fraction of sp³-hybridized carbons (Fsp3) is 0.556. The van der Waals surface area contributed by atoms with E-state index in [1.54, 1.807) is 12.4 Å². The van der Waals surface area contributed by atoms with Crippen molar-refractivity contribution in [2.75, 3.05) is 51.3 Å². The van der Waals surface area contributed by atoms with Crippen LogP contribution in [0.25, 0.3) is 11.0 Å². The smallest absolute Gasteiger partial charge is 0.421 e. The molecule has 2 fully saturated rings. The Morgan fingerprint density at radius 3 is 2.46 bits per heavy atom. The number of hydrogen-bond acceptors (Lipinski definition) is 8. The zero-order valence-electron chi connectivity index (χ0n) is 22.3. The molecule has 0 radical (unpaired) electrons. The molecule has 2 aliphatic rings. The molecule has 10 nitrogen and oxygen atoms in total. The third-order valence-corrected chi connectivity index (χ3v) is 6.83. The van der Waals surface area contributed by atoms with Crippen LogP contribution in [0.1, 0.15) is 45.2 Å². The summed E-state index contributed by atoms with van der Waals surface area (Å²) in [6.45, 7) is 12.1. The maximum absolute atomic E-state index is 13.4. The molecule has 2 aliphatic heterocycles. The van der Waals surface area contributed by atoms with Gasteiger partial charge in [0.15, 0.2) is 5.65 Å². The lowest BCUT2D eigenvalue weighted by atomic mass is 10.1. The summed E-state index contributed by atoms with van der Waals surface area (Å²) in [5.41, 5.74) is 1.90. The van der Waals surface area contributed by atoms with Crippen LogP contribution in [-0.2, 0) is 16.0 Å². The van der Waals surface area contributed by atoms with E-state index >= 15 is 0 Å². The summed E-state index contributed by atoms with van der Waals surface area (Å²) >= 11 is 0. The molecular weight excluding hydrogens is 470 g/mol. The van der Waals surface area contributed by atoms with Crippen LogP contribution < -0.4 is 4.90 Å². The molecule has 10 heteroatoms. The Balaban J connectivity index is 1.44. The minimum absolute atomic E-state index is 0.206. The lowest BCUT2D eigenvalue weighted by Crippen LogP contribution is -2.43. The summed E-state index contributed by atoms with van der Waals surface area (Å²) < 4.78 is 13.2. The second-order valence-corrected chi connectivity index (χ2v) is 10.9. The van der Waals surface area contributed by atoms with Crippen molar-refractivity contribution in [3.05, 3.63) is 42.2 Å². The monoisotopic (exact) mass is 507 g/mol. The van der Waals surface area contributed by atoms with E-state index in [4.69, 9.17) is 14.5 Å². The van der Waals surface area contributed by atoms with Gasteiger partial charge in [0.05, 0.1) is 23.3 Å². The lowest BCUT2D eigenvalue weighted by molar-refractivity contribution is 0.0597. The summed E-state index contributed by atoms with van der Waals surface area (Å²) in [6.07, 6.45) is 4.73. The number of aromatic nitrogens is 4. The second-order valence-electron chi connectivity index (χ2n) is 10.9. The van der Waals surface area contributed by atoms with Gasteiger partial charge >= 0.3 is 6.09 Å². The summed E-state index contributed by atoms with van der Waals surface area (Å²) in [7, 11) is 2.16. The Bertz CT molecular complexity index is 1210. The molecular formula is C27H37N7O3. The number of rotatable bonds is 5. The predicted molar refractivity (Wildman–Crippen MR) is 142 cm³/mol. The van der Waals surface area contributed by atoms with Gasteiger partial charge in [0, 0.05) is 52.1 Å². The predicted octanol–water partition coefficient (Wildman–Crippen LogP) is 4.00. The van der Waals surface area contributed by atoms with Crippen LogP contribution in [0, 0.1) is 0 Å². The van der Waals surface area contributed by atoms with Crippen molar-refractivity contribution in [3.8, 4) is 0 Å². The van der Waals surface area contributed by atoms with Gasteiger partial charge in [-0.2, -0.15) is 10.1 Å². The van der Waals surface area contributed by atoms with Crippen molar-refractivity contribution >= 4 is 28.8 Å². The average molecular weight is 508 g/mol. The van der Waals surface area contributed by atoms with Crippen molar-refractivity contribution in [1.82, 2.24) is 29.5 Å². The molecule has 4 heterocycles. The molecule has 0 N–H and O–H groups in total. The van der Waals surface area contributed by atoms with Crippen molar-refractivity contribution < 1.29 is 14.3 Å². The first-order chi connectivity index (χ1) is 17.8. The Morgan fingerprint density at radius 2 is 1.78 bits per heavy atom. The number of likely N-dealkylation sites (N-methyl/N-ethyl adjacent to an activating group) is 1. The van der Waals surface area contributed by atoms with Crippen LogP contribution in [0.4, 0.5) is 16.4 Å². The van der Waals surface area contributed by atoms with Gasteiger partial charge in [0.1, 0.15) is 5.60 Å². The van der Waals surface area contributed by atoms with Crippen LogP contribution in [0.2, 0.25) is 0 Å². The molecule has 1 amide bonds. The van der Waals surface area contributed by atoms with E-state index in [0.29, 0.717) is 24.5 Å². The maximum atomic E-state index is 13.4. The van der Waals surface area contributed by atoms with E-state index in [1.807, 2.05) is 37.6 Å². The molecule has 2 aromatic heterocycles. The third-order valence-electron chi connectivity index (χ3n) is 6.83. The van der Waals surface area contributed by atoms with Crippen molar-refractivity contribution in [1.29, 1.82) is 0 Å². The van der Waals surface area contributed by atoms with E-state index < -0.39 is 11.7 Å². The van der Waals surface area contributed by atoms with Gasteiger partial charge in [-0.05, 0) is 58.4 Å². The van der Waals surface area contributed by atoms with Gasteiger partial charge in [-0.15, -0.1) is 0 Å². The van der Waals surface area contributed by atoms with E-state index in [-0.39, 0.29) is 12.0 Å². The number of amides is 1. The molecule has 0 saturated carbocycles. The molecule has 0 spiro atoms. The molecule has 0 aliphatic carbocycles. The standard InChI is InChI=1S/C27H37N7O3/c1-27(2,3)37-26(35)33(22-7-5-20(6-8-22)19-32-13-11-31(4)12-14-32)25-28-17-21-18-29-34(24(21)30-25)23-9-15-36-16-10-23/h5-8,17-18,23H,9-16,19H2,1-4H3. The number of anilines is 2. The second kappa shape index (κ2) is 10.7. The van der Waals surface area contributed by atoms with Crippen molar-refractivity contribution in [2.24, 2.45) is 0 Å². The maximum Gasteiger partial charge on any atom is 0.421 e. The van der Waals surface area contributed by atoms with E-state index in [1.165, 1.54) is 10.5 Å². The van der Waals surface area contributed by atoms with E-state index in [2.05, 4.69) is 39.1 Å². The number of carbonyl (C=O) groups is 1. The fourth-order valence-electron chi connectivity index (χ4n) is 4.76. The van der Waals surface area contributed by atoms with E-state index in [9.17, 15) is 4.79 Å². The highest BCUT2D eigenvalue weighted by atomic mass is 16.6. The number of fused-ring (bicyclic) bond motifs is 1. The lowest BCUT2D eigenvalue weighted by Gasteiger charge is -2.32. The quantitative estimate of drug-likeness (QED) is 0.512. The van der Waals surface area contributed by atoms with Crippen LogP contribution in [0.5, 0.6) is 0 Å². The normalized spacial score (nSPS) is 18.3. The molecule has 37 heavy (non-hydrogen) atoms. The Labute approximate surface area is 218 Å². The van der Waals surface area contributed by atoms with Gasteiger partial charge in [0.25, 0.3) is 0 Å². The summed E-state index contributed by atoms with van der Waals surface area (Å²) in [6, 6.07) is 8.22. The highest BCUT2D eigenvalue weighted by Crippen LogP contribution is 2.29. The number of piperazine rings is 1.